The predicted molar refractivity (Wildman–Crippen MR) is 87.1 cm³/mol. The molecular weight excluding hydrogens is 338 g/mol. The molecule has 108 valence electrons. The Labute approximate surface area is 133 Å². The first kappa shape index (κ1) is 15.5. The second-order valence-corrected chi connectivity index (χ2v) is 6.03. The fraction of sp³-hybridized carbons (Fsp3) is 0.400. The molecule has 20 heavy (non-hydrogen) atoms. The average molecular weight is 357 g/mol. The van der Waals surface area contributed by atoms with Crippen LogP contribution in [-0.2, 0) is 19.4 Å². The van der Waals surface area contributed by atoms with Crippen molar-refractivity contribution in [1.29, 1.82) is 0 Å². The van der Waals surface area contributed by atoms with E-state index in [-0.39, 0.29) is 6.04 Å². The van der Waals surface area contributed by atoms with Crippen LogP contribution in [0.25, 0.3) is 0 Å². The molecule has 2 aromatic rings. The van der Waals surface area contributed by atoms with Gasteiger partial charge < -0.3 is 5.73 Å². The van der Waals surface area contributed by atoms with Crippen molar-refractivity contribution in [1.82, 2.24) is 9.78 Å². The minimum Gasteiger partial charge on any atom is -0.324 e. The molecule has 0 bridgehead atoms. The molecule has 2 rings (SSSR count). The normalized spacial score (nSPS) is 12.7. The van der Waals surface area contributed by atoms with Gasteiger partial charge in [0.2, 0.25) is 0 Å². The summed E-state index contributed by atoms with van der Waals surface area (Å²) in [7, 11) is 0. The lowest BCUT2D eigenvalue weighted by molar-refractivity contribution is 0.585. The van der Waals surface area contributed by atoms with Crippen molar-refractivity contribution >= 4 is 27.5 Å². The van der Waals surface area contributed by atoms with Crippen molar-refractivity contribution in [2.75, 3.05) is 0 Å². The van der Waals surface area contributed by atoms with Gasteiger partial charge in [-0.25, -0.2) is 0 Å². The number of benzene rings is 1. The van der Waals surface area contributed by atoms with Crippen LogP contribution in [-0.4, -0.2) is 9.78 Å². The SMILES string of the molecule is CCc1nn(CC)c(CC(N)c2ccc(Br)cc2)c1Cl. The summed E-state index contributed by atoms with van der Waals surface area (Å²) in [5.74, 6) is 0. The maximum absolute atomic E-state index is 6.42. The summed E-state index contributed by atoms with van der Waals surface area (Å²) in [5, 5.41) is 5.29. The van der Waals surface area contributed by atoms with Gasteiger partial charge in [-0.3, -0.25) is 4.68 Å². The number of nitrogens with zero attached hydrogens (tertiary/aromatic N) is 2. The maximum Gasteiger partial charge on any atom is 0.0850 e. The summed E-state index contributed by atoms with van der Waals surface area (Å²) in [6.07, 6.45) is 1.54. The van der Waals surface area contributed by atoms with Gasteiger partial charge in [0.15, 0.2) is 0 Å². The van der Waals surface area contributed by atoms with Crippen LogP contribution < -0.4 is 5.73 Å². The van der Waals surface area contributed by atoms with E-state index in [1.54, 1.807) is 0 Å². The highest BCUT2D eigenvalue weighted by Crippen LogP contribution is 2.26. The molecule has 0 spiro atoms. The third-order valence-electron chi connectivity index (χ3n) is 3.41. The number of rotatable bonds is 5. The second-order valence-electron chi connectivity index (χ2n) is 4.74. The van der Waals surface area contributed by atoms with E-state index < -0.39 is 0 Å². The van der Waals surface area contributed by atoms with Gasteiger partial charge >= 0.3 is 0 Å². The maximum atomic E-state index is 6.42. The molecule has 0 fully saturated rings. The van der Waals surface area contributed by atoms with Crippen LogP contribution in [0.4, 0.5) is 0 Å². The third kappa shape index (κ3) is 3.25. The van der Waals surface area contributed by atoms with E-state index in [1.807, 2.05) is 28.9 Å². The number of halogens is 2. The first-order chi connectivity index (χ1) is 9.56. The Morgan fingerprint density at radius 1 is 1.30 bits per heavy atom. The van der Waals surface area contributed by atoms with Crippen LogP contribution in [0.1, 0.15) is 36.8 Å². The van der Waals surface area contributed by atoms with Crippen LogP contribution in [0.2, 0.25) is 5.02 Å². The molecule has 1 heterocycles. The highest BCUT2D eigenvalue weighted by Gasteiger charge is 2.17. The lowest BCUT2D eigenvalue weighted by Gasteiger charge is -2.13. The molecule has 0 radical (unpaired) electrons. The van der Waals surface area contributed by atoms with E-state index in [9.17, 15) is 0 Å². The molecule has 0 saturated carbocycles. The number of hydrogen-bond donors (Lipinski definition) is 1. The Hall–Kier alpha value is -0.840. The Bertz CT molecular complexity index is 578. The second kappa shape index (κ2) is 6.74. The lowest BCUT2D eigenvalue weighted by Crippen LogP contribution is -2.16. The molecule has 5 heteroatoms. The molecule has 0 saturated heterocycles. The third-order valence-corrected chi connectivity index (χ3v) is 4.37. The highest BCUT2D eigenvalue weighted by atomic mass is 79.9. The zero-order valence-corrected chi connectivity index (χ0v) is 14.1. The standard InChI is InChI=1S/C15H19BrClN3/c1-3-13-15(17)14(20(4-2)19-13)9-12(18)10-5-7-11(16)8-6-10/h5-8,12H,3-4,9,18H2,1-2H3. The number of aromatic nitrogens is 2. The molecule has 0 amide bonds. The van der Waals surface area contributed by atoms with Crippen molar-refractivity contribution in [2.24, 2.45) is 5.73 Å². The van der Waals surface area contributed by atoms with E-state index in [0.717, 1.165) is 39.4 Å². The van der Waals surface area contributed by atoms with E-state index in [2.05, 4.69) is 34.9 Å². The molecule has 1 unspecified atom stereocenters. The van der Waals surface area contributed by atoms with Gasteiger partial charge in [-0.05, 0) is 31.0 Å². The summed E-state index contributed by atoms with van der Waals surface area (Å²) < 4.78 is 3.01. The number of aryl methyl sites for hydroxylation is 2. The zero-order chi connectivity index (χ0) is 14.7. The molecule has 3 nitrogen and oxygen atoms in total. The Morgan fingerprint density at radius 2 is 1.95 bits per heavy atom. The molecule has 1 aromatic carbocycles. The van der Waals surface area contributed by atoms with Crippen molar-refractivity contribution < 1.29 is 0 Å². The van der Waals surface area contributed by atoms with Crippen LogP contribution >= 0.6 is 27.5 Å². The van der Waals surface area contributed by atoms with Gasteiger partial charge in [-0.15, -0.1) is 0 Å². The molecular formula is C15H19BrClN3. The summed E-state index contributed by atoms with van der Waals surface area (Å²) >= 11 is 9.85. The first-order valence-corrected chi connectivity index (χ1v) is 7.99. The molecule has 1 aromatic heterocycles. The van der Waals surface area contributed by atoms with Crippen LogP contribution in [0, 0.1) is 0 Å². The predicted octanol–water partition coefficient (Wildman–Crippen LogP) is 4.12. The van der Waals surface area contributed by atoms with E-state index in [0.29, 0.717) is 6.42 Å². The summed E-state index contributed by atoms with van der Waals surface area (Å²) in [6.45, 7) is 4.94. The molecule has 0 aliphatic carbocycles. The monoisotopic (exact) mass is 355 g/mol. The summed E-state index contributed by atoms with van der Waals surface area (Å²) in [4.78, 5) is 0. The first-order valence-electron chi connectivity index (χ1n) is 6.81. The van der Waals surface area contributed by atoms with Gasteiger partial charge in [-0.1, -0.05) is 46.6 Å². The highest BCUT2D eigenvalue weighted by molar-refractivity contribution is 9.10. The lowest BCUT2D eigenvalue weighted by atomic mass is 10.0. The Kier molecular flexibility index (Phi) is 5.24. The number of hydrogen-bond acceptors (Lipinski definition) is 2. The Morgan fingerprint density at radius 3 is 2.50 bits per heavy atom. The van der Waals surface area contributed by atoms with Crippen molar-refractivity contribution in [2.45, 2.75) is 39.3 Å². The summed E-state index contributed by atoms with van der Waals surface area (Å²) in [5.41, 5.74) is 9.39. The van der Waals surface area contributed by atoms with Gasteiger partial charge in [-0.2, -0.15) is 5.10 Å². The largest absolute Gasteiger partial charge is 0.324 e. The van der Waals surface area contributed by atoms with Crippen LogP contribution in [0.15, 0.2) is 28.7 Å². The quantitative estimate of drug-likeness (QED) is 0.875. The van der Waals surface area contributed by atoms with Crippen molar-refractivity contribution in [3.8, 4) is 0 Å². The fourth-order valence-corrected chi connectivity index (χ4v) is 2.86. The van der Waals surface area contributed by atoms with Gasteiger partial charge in [0, 0.05) is 23.5 Å². The molecule has 2 N–H and O–H groups in total. The Balaban J connectivity index is 2.25. The molecule has 0 aliphatic heterocycles. The van der Waals surface area contributed by atoms with Gasteiger partial charge in [0.25, 0.3) is 0 Å². The average Bonchev–Trinajstić information content (AvgIpc) is 2.76. The van der Waals surface area contributed by atoms with Crippen molar-refractivity contribution in [3.63, 3.8) is 0 Å². The van der Waals surface area contributed by atoms with Crippen LogP contribution in [0.5, 0.6) is 0 Å². The number of nitrogens with two attached hydrogens (primary N) is 1. The van der Waals surface area contributed by atoms with Gasteiger partial charge in [0.1, 0.15) is 0 Å². The smallest absolute Gasteiger partial charge is 0.0850 e. The van der Waals surface area contributed by atoms with E-state index >= 15 is 0 Å². The zero-order valence-electron chi connectivity index (χ0n) is 11.7. The topological polar surface area (TPSA) is 43.8 Å². The van der Waals surface area contributed by atoms with Crippen molar-refractivity contribution in [3.05, 3.63) is 50.7 Å². The summed E-state index contributed by atoms with van der Waals surface area (Å²) in [6, 6.07) is 8.01. The van der Waals surface area contributed by atoms with E-state index in [1.165, 1.54) is 0 Å². The van der Waals surface area contributed by atoms with Crippen LogP contribution in [0.3, 0.4) is 0 Å². The fourth-order valence-electron chi connectivity index (χ4n) is 2.25. The molecule has 1 atom stereocenters. The minimum atomic E-state index is -0.0766. The van der Waals surface area contributed by atoms with Gasteiger partial charge in [0.05, 0.1) is 16.4 Å². The van der Waals surface area contributed by atoms with E-state index in [4.69, 9.17) is 17.3 Å². The minimum absolute atomic E-state index is 0.0766. The molecule has 0 aliphatic rings.